The Morgan fingerprint density at radius 2 is 2.45 bits per heavy atom. The summed E-state index contributed by atoms with van der Waals surface area (Å²) >= 11 is 1.18. The van der Waals surface area contributed by atoms with Crippen LogP contribution in [0.1, 0.15) is 30.3 Å². The van der Waals surface area contributed by atoms with E-state index in [0.29, 0.717) is 5.16 Å². The monoisotopic (exact) mass is 294 g/mol. The molecule has 2 heterocycles. The van der Waals surface area contributed by atoms with Crippen LogP contribution in [0, 0.1) is 0 Å². The van der Waals surface area contributed by atoms with Gasteiger partial charge in [-0.15, -0.1) is 5.10 Å². The number of aromatic amines is 3. The Kier molecular flexibility index (Phi) is 3.59. The summed E-state index contributed by atoms with van der Waals surface area (Å²) < 4.78 is 0. The Bertz CT molecular complexity index is 660. The number of H-pyrrole nitrogens is 3. The van der Waals surface area contributed by atoms with Crippen LogP contribution >= 0.6 is 11.8 Å². The predicted octanol–water partition coefficient (Wildman–Crippen LogP) is 0.107. The number of rotatable bonds is 4. The fourth-order valence-corrected chi connectivity index (χ4v) is 2.91. The van der Waals surface area contributed by atoms with Gasteiger partial charge in [0.25, 0.3) is 0 Å². The van der Waals surface area contributed by atoms with Crippen LogP contribution in [0.15, 0.2) is 16.3 Å². The highest BCUT2D eigenvalue weighted by Crippen LogP contribution is 2.26. The number of nitrogens with one attached hydrogen (secondary N) is 4. The van der Waals surface area contributed by atoms with E-state index in [1.165, 1.54) is 11.8 Å². The van der Waals surface area contributed by atoms with Crippen molar-refractivity contribution in [3.8, 4) is 0 Å². The highest BCUT2D eigenvalue weighted by molar-refractivity contribution is 7.99. The molecule has 0 aromatic carbocycles. The molecule has 0 saturated carbocycles. The minimum Gasteiger partial charge on any atom is -0.348 e. The molecule has 0 spiro atoms. The maximum atomic E-state index is 11.9. The number of aromatic nitrogens is 5. The highest BCUT2D eigenvalue weighted by atomic mass is 32.2. The molecule has 20 heavy (non-hydrogen) atoms. The molecular weight excluding hydrogens is 280 g/mol. The second kappa shape index (κ2) is 5.53. The Morgan fingerprint density at radius 3 is 3.25 bits per heavy atom. The molecule has 8 nitrogen and oxygen atoms in total. The normalized spacial score (nSPS) is 17.7. The van der Waals surface area contributed by atoms with E-state index >= 15 is 0 Å². The molecule has 0 bridgehead atoms. The Hall–Kier alpha value is -2.03. The lowest BCUT2D eigenvalue weighted by molar-refractivity contribution is -0.119. The summed E-state index contributed by atoms with van der Waals surface area (Å²) in [6.45, 7) is 0. The highest BCUT2D eigenvalue weighted by Gasteiger charge is 2.24. The van der Waals surface area contributed by atoms with E-state index in [4.69, 9.17) is 0 Å². The first-order valence-corrected chi connectivity index (χ1v) is 7.30. The zero-order chi connectivity index (χ0) is 13.9. The van der Waals surface area contributed by atoms with Gasteiger partial charge < -0.3 is 10.3 Å². The molecule has 2 aromatic heterocycles. The molecule has 4 N–H and O–H groups in total. The molecule has 0 saturated heterocycles. The molecule has 1 unspecified atom stereocenters. The van der Waals surface area contributed by atoms with Crippen molar-refractivity contribution in [2.45, 2.75) is 30.5 Å². The summed E-state index contributed by atoms with van der Waals surface area (Å²) in [6, 6.07) is -0.0312. The molecule has 2 aromatic rings. The van der Waals surface area contributed by atoms with Gasteiger partial charge >= 0.3 is 5.69 Å². The van der Waals surface area contributed by atoms with Crippen molar-refractivity contribution in [2.24, 2.45) is 0 Å². The maximum Gasteiger partial charge on any atom is 0.341 e. The number of carbonyl (C=O) groups excluding carboxylic acids is 1. The SMILES string of the molecule is O=C(CSc1n[nH]c(=O)[nH]1)NC1CCCc2[nH]cnc21. The average Bonchev–Trinajstić information content (AvgIpc) is 3.05. The van der Waals surface area contributed by atoms with E-state index in [-0.39, 0.29) is 23.4 Å². The second-order valence-electron chi connectivity index (χ2n) is 4.55. The zero-order valence-electron chi connectivity index (χ0n) is 10.6. The van der Waals surface area contributed by atoms with E-state index < -0.39 is 0 Å². The van der Waals surface area contributed by atoms with Gasteiger partial charge in [-0.2, -0.15) is 0 Å². The quantitative estimate of drug-likeness (QED) is 0.597. The molecule has 0 radical (unpaired) electrons. The van der Waals surface area contributed by atoms with Crippen LogP contribution in [0.25, 0.3) is 0 Å². The summed E-state index contributed by atoms with van der Waals surface area (Å²) in [6.07, 6.45) is 4.57. The Morgan fingerprint density at radius 1 is 1.55 bits per heavy atom. The van der Waals surface area contributed by atoms with Crippen LogP contribution in [0.2, 0.25) is 0 Å². The standard InChI is InChI=1S/C11H14N6O2S/c18-8(4-20-11-15-10(19)16-17-11)14-7-3-1-2-6-9(7)13-5-12-6/h5,7H,1-4H2,(H,12,13)(H,14,18)(H2,15,16,17,19). The minimum atomic E-state index is -0.374. The predicted molar refractivity (Wildman–Crippen MR) is 72.3 cm³/mol. The molecule has 0 fully saturated rings. The number of hydrogen-bond donors (Lipinski definition) is 4. The molecule has 0 aliphatic heterocycles. The van der Waals surface area contributed by atoms with Crippen LogP contribution in [0.5, 0.6) is 0 Å². The van der Waals surface area contributed by atoms with Crippen molar-refractivity contribution in [1.29, 1.82) is 0 Å². The topological polar surface area (TPSA) is 119 Å². The van der Waals surface area contributed by atoms with Crippen LogP contribution < -0.4 is 11.0 Å². The number of aryl methyl sites for hydroxylation is 1. The van der Waals surface area contributed by atoms with Crippen molar-refractivity contribution in [3.63, 3.8) is 0 Å². The first-order chi connectivity index (χ1) is 9.72. The van der Waals surface area contributed by atoms with E-state index in [1.807, 2.05) is 0 Å². The lowest BCUT2D eigenvalue weighted by Gasteiger charge is -2.22. The molecule has 3 rings (SSSR count). The summed E-state index contributed by atoms with van der Waals surface area (Å²) in [5.74, 6) is 0.108. The molecular formula is C11H14N6O2S. The fraction of sp³-hybridized carbons (Fsp3) is 0.455. The number of amides is 1. The summed E-state index contributed by atoms with van der Waals surface area (Å²) in [4.78, 5) is 32.6. The maximum absolute atomic E-state index is 11.9. The van der Waals surface area contributed by atoms with E-state index in [2.05, 4.69) is 30.5 Å². The smallest absolute Gasteiger partial charge is 0.341 e. The van der Waals surface area contributed by atoms with Gasteiger partial charge in [-0.05, 0) is 19.3 Å². The van der Waals surface area contributed by atoms with Crippen molar-refractivity contribution < 1.29 is 4.79 Å². The van der Waals surface area contributed by atoms with Crippen molar-refractivity contribution in [2.75, 3.05) is 5.75 Å². The van der Waals surface area contributed by atoms with E-state index in [9.17, 15) is 9.59 Å². The van der Waals surface area contributed by atoms with E-state index in [1.54, 1.807) is 6.33 Å². The Labute approximate surface area is 118 Å². The van der Waals surface area contributed by atoms with Gasteiger partial charge in [0.05, 0.1) is 23.8 Å². The lowest BCUT2D eigenvalue weighted by Crippen LogP contribution is -2.32. The van der Waals surface area contributed by atoms with Crippen molar-refractivity contribution >= 4 is 17.7 Å². The number of hydrogen-bond acceptors (Lipinski definition) is 5. The number of imidazole rings is 1. The molecule has 106 valence electrons. The second-order valence-corrected chi connectivity index (χ2v) is 5.51. The molecule has 1 atom stereocenters. The molecule has 9 heteroatoms. The van der Waals surface area contributed by atoms with Gasteiger partial charge in [0.15, 0.2) is 5.16 Å². The van der Waals surface area contributed by atoms with Gasteiger partial charge in [0.2, 0.25) is 5.91 Å². The number of fused-ring (bicyclic) bond motifs is 1. The third-order valence-electron chi connectivity index (χ3n) is 3.16. The fourth-order valence-electron chi connectivity index (χ4n) is 2.29. The largest absolute Gasteiger partial charge is 0.348 e. The van der Waals surface area contributed by atoms with Crippen LogP contribution in [0.3, 0.4) is 0 Å². The third kappa shape index (κ3) is 2.77. The van der Waals surface area contributed by atoms with Crippen molar-refractivity contribution in [1.82, 2.24) is 30.5 Å². The Balaban J connectivity index is 1.56. The summed E-state index contributed by atoms with van der Waals surface area (Å²) in [7, 11) is 0. The number of nitrogens with zero attached hydrogens (tertiary/aromatic N) is 2. The average molecular weight is 294 g/mol. The zero-order valence-corrected chi connectivity index (χ0v) is 11.4. The lowest BCUT2D eigenvalue weighted by atomic mass is 9.96. The van der Waals surface area contributed by atoms with Gasteiger partial charge in [0.1, 0.15) is 0 Å². The third-order valence-corrected chi connectivity index (χ3v) is 4.03. The number of thioether (sulfide) groups is 1. The molecule has 1 amide bonds. The number of carbonyl (C=O) groups is 1. The van der Waals surface area contributed by atoms with Crippen LogP contribution in [-0.4, -0.2) is 36.8 Å². The van der Waals surface area contributed by atoms with Crippen LogP contribution in [-0.2, 0) is 11.2 Å². The first-order valence-electron chi connectivity index (χ1n) is 6.31. The summed E-state index contributed by atoms with van der Waals surface area (Å²) in [5.41, 5.74) is 1.66. The summed E-state index contributed by atoms with van der Waals surface area (Å²) in [5, 5.41) is 9.37. The first kappa shape index (κ1) is 13.0. The van der Waals surface area contributed by atoms with Gasteiger partial charge in [0, 0.05) is 5.69 Å². The molecule has 1 aliphatic carbocycles. The van der Waals surface area contributed by atoms with Gasteiger partial charge in [-0.3, -0.25) is 9.78 Å². The minimum absolute atomic E-state index is 0.0312. The molecule has 1 aliphatic rings. The van der Waals surface area contributed by atoms with E-state index in [0.717, 1.165) is 30.7 Å². The van der Waals surface area contributed by atoms with Crippen LogP contribution in [0.4, 0.5) is 0 Å². The van der Waals surface area contributed by atoms with Gasteiger partial charge in [-0.1, -0.05) is 11.8 Å². The van der Waals surface area contributed by atoms with Gasteiger partial charge in [-0.25, -0.2) is 14.9 Å². The van der Waals surface area contributed by atoms with Crippen molar-refractivity contribution in [3.05, 3.63) is 28.2 Å².